The minimum absolute atomic E-state index is 0.0265. The Morgan fingerprint density at radius 3 is 2.57 bits per heavy atom. The van der Waals surface area contributed by atoms with Gasteiger partial charge in [-0.25, -0.2) is 4.79 Å². The summed E-state index contributed by atoms with van der Waals surface area (Å²) in [6, 6.07) is 6.68. The Morgan fingerprint density at radius 2 is 1.90 bits per heavy atom. The monoisotopic (exact) mass is 313 g/mol. The van der Waals surface area contributed by atoms with Crippen LogP contribution in [0.5, 0.6) is 0 Å². The first kappa shape index (κ1) is 17.0. The zero-order valence-electron chi connectivity index (χ0n) is 11.4. The van der Waals surface area contributed by atoms with Crippen molar-refractivity contribution in [3.05, 3.63) is 39.9 Å². The Labute approximate surface area is 125 Å². The van der Waals surface area contributed by atoms with E-state index in [1.165, 1.54) is 6.92 Å². The molecule has 0 spiro atoms. The van der Waals surface area contributed by atoms with Crippen LogP contribution in [0.25, 0.3) is 0 Å². The van der Waals surface area contributed by atoms with E-state index < -0.39 is 11.1 Å². The van der Waals surface area contributed by atoms with Gasteiger partial charge in [0, 0.05) is 11.8 Å². The van der Waals surface area contributed by atoms with Crippen LogP contribution in [0.3, 0.4) is 0 Å². The van der Waals surface area contributed by atoms with E-state index in [2.05, 4.69) is 4.84 Å². The lowest BCUT2D eigenvalue weighted by molar-refractivity contribution is -0.757. The lowest BCUT2D eigenvalue weighted by Crippen LogP contribution is -2.09. The number of esters is 1. The molecule has 21 heavy (non-hydrogen) atoms. The third-order valence-corrected chi connectivity index (χ3v) is 3.19. The summed E-state index contributed by atoms with van der Waals surface area (Å²) in [7, 11) is 0. The summed E-state index contributed by atoms with van der Waals surface area (Å²) >= 11 is 0.969. The molecule has 7 nitrogen and oxygen atoms in total. The Kier molecular flexibility index (Phi) is 7.24. The number of carbonyl (C=O) groups is 2. The Morgan fingerprint density at radius 1 is 1.24 bits per heavy atom. The van der Waals surface area contributed by atoms with Crippen LogP contribution in [0, 0.1) is 10.1 Å². The van der Waals surface area contributed by atoms with Crippen LogP contribution in [0.15, 0.2) is 29.2 Å². The number of benzene rings is 1. The van der Waals surface area contributed by atoms with E-state index in [1.54, 1.807) is 24.3 Å². The first-order chi connectivity index (χ1) is 10.0. The maximum absolute atomic E-state index is 11.9. The van der Waals surface area contributed by atoms with Crippen molar-refractivity contribution in [2.75, 3.05) is 13.2 Å². The molecule has 0 radical (unpaired) electrons. The van der Waals surface area contributed by atoms with Gasteiger partial charge >= 0.3 is 5.97 Å². The van der Waals surface area contributed by atoms with Crippen LogP contribution in [0.1, 0.15) is 30.1 Å². The molecule has 8 heteroatoms. The van der Waals surface area contributed by atoms with Crippen molar-refractivity contribution in [2.24, 2.45) is 0 Å². The molecule has 0 saturated carbocycles. The van der Waals surface area contributed by atoms with Crippen LogP contribution < -0.4 is 0 Å². The molecule has 0 atom stereocenters. The number of nitrogens with zero attached hydrogens (tertiary/aromatic N) is 1. The zero-order valence-corrected chi connectivity index (χ0v) is 12.3. The second kappa shape index (κ2) is 8.96. The van der Waals surface area contributed by atoms with Gasteiger partial charge < -0.3 is 9.57 Å². The summed E-state index contributed by atoms with van der Waals surface area (Å²) in [4.78, 5) is 37.6. The third kappa shape index (κ3) is 6.75. The predicted molar refractivity (Wildman–Crippen MR) is 75.4 cm³/mol. The normalized spacial score (nSPS) is 9.95. The smallest absolute Gasteiger partial charge is 0.339 e. The minimum Gasteiger partial charge on any atom is -0.462 e. The molecule has 0 heterocycles. The molecular weight excluding hydrogens is 298 g/mol. The van der Waals surface area contributed by atoms with Crippen molar-refractivity contribution in [1.82, 2.24) is 0 Å². The van der Waals surface area contributed by atoms with Gasteiger partial charge in [0.15, 0.2) is 5.12 Å². The van der Waals surface area contributed by atoms with Crippen molar-refractivity contribution in [3.63, 3.8) is 0 Å². The molecular formula is C13H15NO6S. The number of hydrogen-bond acceptors (Lipinski definition) is 7. The van der Waals surface area contributed by atoms with Gasteiger partial charge in [-0.2, -0.15) is 0 Å². The number of ether oxygens (including phenoxy) is 1. The largest absolute Gasteiger partial charge is 0.462 e. The molecule has 114 valence electrons. The molecule has 0 N–H and O–H groups in total. The van der Waals surface area contributed by atoms with E-state index in [1.807, 2.05) is 0 Å². The lowest BCUT2D eigenvalue weighted by atomic mass is 10.2. The van der Waals surface area contributed by atoms with Gasteiger partial charge in [-0.05, 0) is 25.0 Å². The van der Waals surface area contributed by atoms with E-state index in [9.17, 15) is 19.7 Å². The molecule has 0 aliphatic rings. The highest BCUT2D eigenvalue weighted by molar-refractivity contribution is 8.13. The molecule has 0 saturated heterocycles. The average molecular weight is 313 g/mol. The number of rotatable bonds is 8. The van der Waals surface area contributed by atoms with Gasteiger partial charge in [-0.1, -0.05) is 23.9 Å². The number of unbranched alkanes of at least 4 members (excludes halogenated alkanes) is 1. The second-order valence-corrected chi connectivity index (χ2v) is 5.21. The van der Waals surface area contributed by atoms with Gasteiger partial charge in [-0.15, -0.1) is 10.1 Å². The van der Waals surface area contributed by atoms with E-state index in [0.717, 1.165) is 11.8 Å². The Balaban J connectivity index is 2.41. The Bertz CT molecular complexity index is 519. The third-order valence-electron chi connectivity index (χ3n) is 2.33. The summed E-state index contributed by atoms with van der Waals surface area (Å²) in [6.45, 7) is 1.53. The lowest BCUT2D eigenvalue weighted by Gasteiger charge is -2.08. The first-order valence-electron chi connectivity index (χ1n) is 6.22. The van der Waals surface area contributed by atoms with E-state index in [4.69, 9.17) is 4.74 Å². The molecule has 0 bridgehead atoms. The van der Waals surface area contributed by atoms with Gasteiger partial charge in [-0.3, -0.25) is 4.79 Å². The van der Waals surface area contributed by atoms with Crippen LogP contribution in [0.2, 0.25) is 0 Å². The summed E-state index contributed by atoms with van der Waals surface area (Å²) in [6.07, 6.45) is 0.875. The molecule has 0 unspecified atom stereocenters. The maximum atomic E-state index is 11.9. The topological polar surface area (TPSA) is 95.7 Å². The number of thioether (sulfide) groups is 1. The average Bonchev–Trinajstić information content (AvgIpc) is 2.42. The zero-order chi connectivity index (χ0) is 15.7. The summed E-state index contributed by atoms with van der Waals surface area (Å²) in [5.74, 6) is -0.519. The van der Waals surface area contributed by atoms with E-state index in [0.29, 0.717) is 23.3 Å². The maximum Gasteiger partial charge on any atom is 0.339 e. The van der Waals surface area contributed by atoms with Crippen molar-refractivity contribution in [3.8, 4) is 0 Å². The van der Waals surface area contributed by atoms with Crippen LogP contribution in [-0.2, 0) is 14.4 Å². The van der Waals surface area contributed by atoms with Gasteiger partial charge in [0.2, 0.25) is 0 Å². The minimum atomic E-state index is -0.860. The second-order valence-electron chi connectivity index (χ2n) is 3.99. The highest BCUT2D eigenvalue weighted by Crippen LogP contribution is 2.23. The molecule has 1 aromatic carbocycles. The fraction of sp³-hybridized carbons (Fsp3) is 0.385. The van der Waals surface area contributed by atoms with E-state index in [-0.39, 0.29) is 18.3 Å². The Hall–Kier alpha value is -2.09. The van der Waals surface area contributed by atoms with Crippen molar-refractivity contribution in [2.45, 2.75) is 24.7 Å². The summed E-state index contributed by atoms with van der Waals surface area (Å²) < 4.78 is 5.07. The van der Waals surface area contributed by atoms with E-state index >= 15 is 0 Å². The van der Waals surface area contributed by atoms with Crippen molar-refractivity contribution >= 4 is 22.8 Å². The molecule has 0 aromatic heterocycles. The standard InChI is InChI=1S/C13H15NO6S/c1-10(15)21-12-7-3-2-6-11(12)13(16)19-8-4-5-9-20-14(17)18/h2-3,6-7H,4-5,8-9H2,1H3. The SMILES string of the molecule is CC(=O)Sc1ccccc1C(=O)OCCCCO[N+](=O)[O-]. The highest BCUT2D eigenvalue weighted by Gasteiger charge is 2.13. The number of carbonyl (C=O) groups excluding carboxylic acids is 2. The van der Waals surface area contributed by atoms with Crippen LogP contribution in [0.4, 0.5) is 0 Å². The van der Waals surface area contributed by atoms with Gasteiger partial charge in [0.25, 0.3) is 5.09 Å². The quantitative estimate of drug-likeness (QED) is 0.239. The molecule has 0 aliphatic carbocycles. The molecule has 1 aromatic rings. The molecule has 0 amide bonds. The molecule has 0 fully saturated rings. The van der Waals surface area contributed by atoms with Crippen molar-refractivity contribution < 1.29 is 24.3 Å². The summed E-state index contributed by atoms with van der Waals surface area (Å²) in [5.41, 5.74) is 0.333. The molecule has 1 rings (SSSR count). The van der Waals surface area contributed by atoms with Crippen molar-refractivity contribution in [1.29, 1.82) is 0 Å². The predicted octanol–water partition coefficient (Wildman–Crippen LogP) is 2.47. The molecule has 0 aliphatic heterocycles. The fourth-order valence-corrected chi connectivity index (χ4v) is 2.18. The van der Waals surface area contributed by atoms with Gasteiger partial charge in [0.05, 0.1) is 18.8 Å². The highest BCUT2D eigenvalue weighted by atomic mass is 32.2. The number of hydrogen-bond donors (Lipinski definition) is 0. The van der Waals surface area contributed by atoms with Crippen LogP contribution in [-0.4, -0.2) is 29.4 Å². The van der Waals surface area contributed by atoms with Gasteiger partial charge in [0.1, 0.15) is 0 Å². The fourth-order valence-electron chi connectivity index (χ4n) is 1.46. The summed E-state index contributed by atoms with van der Waals surface area (Å²) in [5, 5.41) is 8.94. The van der Waals surface area contributed by atoms with Crippen LogP contribution >= 0.6 is 11.8 Å². The first-order valence-corrected chi connectivity index (χ1v) is 7.04.